The van der Waals surface area contributed by atoms with Gasteiger partial charge in [0.05, 0.1) is 22.8 Å². The van der Waals surface area contributed by atoms with Crippen LogP contribution in [0.1, 0.15) is 33.9 Å². The maximum Gasteiger partial charge on any atom is 2.00 e. The van der Waals surface area contributed by atoms with E-state index in [9.17, 15) is 21.0 Å². The maximum absolute atomic E-state index is 17.2. The second kappa shape index (κ2) is 11.9. The topological polar surface area (TPSA) is 115 Å². The Morgan fingerprint density at radius 3 is 0.850 bits per heavy atom. The number of nitrogens with zero attached hydrogens (tertiary/aromatic N) is 5. The van der Waals surface area contributed by atoms with Crippen molar-refractivity contribution in [2.75, 3.05) is 6.54 Å². The summed E-state index contributed by atoms with van der Waals surface area (Å²) < 4.78 is 0. The number of hydrogen-bond acceptors (Lipinski definition) is 5. The van der Waals surface area contributed by atoms with Crippen LogP contribution in [0.15, 0.2) is 42.5 Å². The summed E-state index contributed by atoms with van der Waals surface area (Å²) in [6, 6.07) is 22.8. The summed E-state index contributed by atoms with van der Waals surface area (Å²) in [6.45, 7) is 0.444. The Labute approximate surface area is 565 Å². The number of carbonyl (C=O) groups excluding carboxylic acids is 1. The van der Waals surface area contributed by atoms with E-state index in [2.05, 4.69) is 47.4 Å². The number of hydrogen-bond donors (Lipinski definition) is 0. The number of likely N-dealkylation sites (tertiary alicyclic amines) is 1. The number of nitriles is 4. The molecule has 0 N–H and O–H groups in total. The summed E-state index contributed by atoms with van der Waals surface area (Å²) in [6.07, 6.45) is 18.1. The third-order valence-electron chi connectivity index (χ3n) is 30.7. The third kappa shape index (κ3) is 3.02. The molecule has 38 rings (SSSR count). The van der Waals surface area contributed by atoms with Gasteiger partial charge >= 0.3 is 17.1 Å². The molecule has 7 aliphatic rings. The van der Waals surface area contributed by atoms with E-state index in [0.717, 1.165) is 5.56 Å². The van der Waals surface area contributed by atoms with Gasteiger partial charge in [-0.1, -0.05) is 36.4 Å². The first-order valence-corrected chi connectivity index (χ1v) is 34.9. The second-order valence-electron chi connectivity index (χ2n) is 32.2. The van der Waals surface area contributed by atoms with Crippen molar-refractivity contribution in [1.29, 1.82) is 21.0 Å². The van der Waals surface area contributed by atoms with E-state index in [0.29, 0.717) is 44.4 Å². The molecule has 1 saturated heterocycles. The predicted octanol–water partition coefficient (Wildman–Crippen LogP) is 20.0. The number of amides is 1. The minimum Gasteiger partial charge on any atom is -0.333 e. The number of carbonyl (C=O) groups is 1. The second-order valence-corrected chi connectivity index (χ2v) is 32.2. The molecule has 6 aliphatic carbocycles. The van der Waals surface area contributed by atoms with E-state index < -0.39 is 16.9 Å². The fourth-order valence-corrected chi connectivity index (χ4v) is 29.6. The van der Waals surface area contributed by atoms with Gasteiger partial charge in [-0.3, -0.25) is 4.79 Å². The molecule has 3 fully saturated rings. The molecule has 10 radical (unpaired) electrons. The summed E-state index contributed by atoms with van der Waals surface area (Å²) in [5, 5.41) is 129. The van der Waals surface area contributed by atoms with Crippen molar-refractivity contribution in [2.24, 2.45) is 0 Å². The first-order valence-electron chi connectivity index (χ1n) is 34.9. The van der Waals surface area contributed by atoms with Crippen LogP contribution >= 0.6 is 0 Å². The van der Waals surface area contributed by atoms with Gasteiger partial charge in [-0.25, -0.2) is 0 Å². The predicted molar refractivity (Wildman–Crippen MR) is 400 cm³/mol. The molecule has 1 atom stereocenters. The zero-order chi connectivity index (χ0) is 61.8. The zero-order valence-electron chi connectivity index (χ0n) is 51.0. The van der Waals surface area contributed by atoms with Crippen LogP contribution in [0.5, 0.6) is 0 Å². The summed E-state index contributed by atoms with van der Waals surface area (Å²) >= 11 is 0. The molecule has 100 heavy (non-hydrogen) atoms. The largest absolute Gasteiger partial charge is 2.00 e. The van der Waals surface area contributed by atoms with Gasteiger partial charge in [0.15, 0.2) is 0 Å². The molecule has 1 amide bonds. The number of benzene rings is 21. The monoisotopic (exact) mass is 1280 g/mol. The Morgan fingerprint density at radius 2 is 0.570 bits per heavy atom. The quantitative estimate of drug-likeness (QED) is 0.0971. The van der Waals surface area contributed by atoms with Gasteiger partial charge in [-0.15, -0.1) is 0 Å². The molecule has 0 bridgehead atoms. The van der Waals surface area contributed by atoms with Crippen molar-refractivity contribution in [3.8, 4) is 24.3 Å². The molecule has 428 valence electrons. The van der Waals surface area contributed by atoms with Crippen molar-refractivity contribution in [2.45, 2.75) is 16.9 Å². The summed E-state index contributed by atoms with van der Waals surface area (Å²) in [7, 11) is 0. The van der Waals surface area contributed by atoms with E-state index >= 15 is 4.79 Å². The fourth-order valence-electron chi connectivity index (χ4n) is 29.6. The zero-order valence-corrected chi connectivity index (χ0v) is 52.1. The van der Waals surface area contributed by atoms with Crippen molar-refractivity contribution in [1.82, 2.24) is 4.90 Å². The smallest absolute Gasteiger partial charge is 0.333 e. The Hall–Kier alpha value is -11.7. The third-order valence-corrected chi connectivity index (χ3v) is 30.7. The average Bonchev–Trinajstić information content (AvgIpc) is 1.38. The molecule has 31 aromatic carbocycles. The van der Waals surface area contributed by atoms with Gasteiger partial charge in [0.1, 0.15) is 35.4 Å². The Balaban J connectivity index is 0.000000802. The number of fused-ring (bicyclic) bond motifs is 2. The van der Waals surface area contributed by atoms with Crippen LogP contribution in [0.25, 0.3) is 324 Å². The molecule has 6 nitrogen and oxygen atoms in total. The Bertz CT molecular complexity index is 9270. The first kappa shape index (κ1) is 45.0. The molecule has 2 saturated carbocycles. The SMILES string of the molecule is N#CC(C#N)=c1c2ccccc2c(=C(C#N)C#N)c2cc(C3N(C(=O)[C]4[CH][CH][CH][CH]4)CC45c6c7c8c9c%10c%11c(c%12c%13c4c4c6c6c%14c7c7c8c8c%10c%10c%15c%11c%11c%12c%12c%13c%13c4c4c6c6c%14c%14c7c7c8c%10c8c%10c%15c%11c%11c%12c%12c%13c4c4c6c6c%14c7c8c7c%10c%11c%12c4c67)C935)ccc12.[CH]1[CH][CH][CH][CH]1.[Fe+2]. The molecule has 1 unspecified atom stereocenters. The van der Waals surface area contributed by atoms with Crippen LogP contribution in [-0.4, -0.2) is 17.4 Å². The molecule has 2 spiro atoms. The van der Waals surface area contributed by atoms with Crippen LogP contribution in [-0.2, 0) is 32.7 Å². The van der Waals surface area contributed by atoms with Crippen LogP contribution in [0.2, 0.25) is 0 Å². The average molecular weight is 1280 g/mol. The van der Waals surface area contributed by atoms with Gasteiger partial charge in [-0.05, 0) is 404 Å². The molecular formula is C93H19FeN5O+2. The molecular weight excluding hydrogens is 1260 g/mol. The van der Waals surface area contributed by atoms with Crippen LogP contribution < -0.4 is 10.4 Å². The van der Waals surface area contributed by atoms with Crippen LogP contribution in [0.3, 0.4) is 0 Å². The van der Waals surface area contributed by atoms with Crippen LogP contribution in [0, 0.1) is 109 Å². The van der Waals surface area contributed by atoms with Crippen molar-refractivity contribution in [3.05, 3.63) is 144 Å². The van der Waals surface area contributed by atoms with Gasteiger partial charge in [-0.2, -0.15) is 21.0 Å². The van der Waals surface area contributed by atoms with E-state index in [1.54, 1.807) is 64.6 Å². The fraction of sp³-hybridized carbons (Fsp3) is 0.0430. The normalized spacial score (nSPS) is 21.2. The van der Waals surface area contributed by atoms with Gasteiger partial charge < -0.3 is 4.90 Å². The first-order chi connectivity index (χ1) is 49.1. The molecule has 1 aliphatic heterocycles. The van der Waals surface area contributed by atoms with Crippen molar-refractivity contribution >= 4 is 329 Å². The maximum atomic E-state index is 17.2. The van der Waals surface area contributed by atoms with E-state index in [1.807, 2.05) is 82.1 Å². The summed E-state index contributed by atoms with van der Waals surface area (Å²) in [4.78, 5) is 19.6. The molecule has 7 heteroatoms. The van der Waals surface area contributed by atoms with Gasteiger partial charge in [0.2, 0.25) is 5.91 Å². The Kier molecular flexibility index (Phi) is 5.34. The molecule has 31 aromatic rings. The molecule has 1 heterocycles. The van der Waals surface area contributed by atoms with Gasteiger partial charge in [0, 0.05) is 17.0 Å². The number of rotatable bonds is 2. The summed E-state index contributed by atoms with van der Waals surface area (Å²) in [5.74, 6) is 0.659. The van der Waals surface area contributed by atoms with Crippen molar-refractivity contribution < 1.29 is 21.9 Å². The minimum absolute atomic E-state index is 0. The van der Waals surface area contributed by atoms with Crippen LogP contribution in [0.4, 0.5) is 0 Å². The Morgan fingerprint density at radius 1 is 0.320 bits per heavy atom. The van der Waals surface area contributed by atoms with Gasteiger partial charge in [0.25, 0.3) is 0 Å². The van der Waals surface area contributed by atoms with Crippen molar-refractivity contribution in [3.63, 3.8) is 0 Å². The van der Waals surface area contributed by atoms with E-state index in [-0.39, 0.29) is 34.1 Å². The standard InChI is InChI=1S/C88H14N5O.C5H5.Fe/c89-12-19(13-90)25-21-7-3-4-8-22(21)26(20(14-91)15-92)24-11-18(9-10-23(24)25)85-88-83-77-71-61-49-41-33-29-27-28-31-35(33)43(49)53-47-39(31)40-32(28)36-34-30(27)38-37(29)45-51(41)59-65-55(45)56-46(38)52-42(34)50-44(36)54-48(40)58-57(47)69(63(53)71)79(83)80-70(58)64(54)72-62(50)68-60(52)66(56)74-73(65)81(75(77)67(59)61)87(88,82(74)76(68)78(72)84(80)88)16-93(85)86(94)17-5-1-2-6-17;1-2-4-5-3-1;/h1-11,85H,16H2;1-5H;/q;;+2. The summed E-state index contributed by atoms with van der Waals surface area (Å²) in [5.41, 5.74) is 4.90. The molecule has 0 aromatic heterocycles. The minimum atomic E-state index is -0.929. The van der Waals surface area contributed by atoms with E-state index in [4.69, 9.17) is 0 Å². The van der Waals surface area contributed by atoms with E-state index in [1.165, 1.54) is 248 Å².